The summed E-state index contributed by atoms with van der Waals surface area (Å²) >= 11 is 5.96. The summed E-state index contributed by atoms with van der Waals surface area (Å²) in [6.07, 6.45) is 4.45. The van der Waals surface area contributed by atoms with E-state index in [2.05, 4.69) is 22.2 Å². The molecule has 1 fully saturated rings. The largest absolute Gasteiger partial charge is 0.376 e. The molecule has 17 heavy (non-hydrogen) atoms. The summed E-state index contributed by atoms with van der Waals surface area (Å²) in [5, 5.41) is 3.76. The molecule has 1 atom stereocenters. The molecule has 0 aromatic carbocycles. The molecule has 0 saturated carbocycles. The number of rotatable bonds is 5. The van der Waals surface area contributed by atoms with E-state index in [0.717, 1.165) is 50.5 Å². The first-order valence-electron chi connectivity index (χ1n) is 6.17. The summed E-state index contributed by atoms with van der Waals surface area (Å²) in [5.74, 6) is 1.60. The van der Waals surface area contributed by atoms with Crippen LogP contribution in [-0.2, 0) is 11.2 Å². The molecule has 1 N–H and O–H groups in total. The van der Waals surface area contributed by atoms with Gasteiger partial charge in [0.25, 0.3) is 0 Å². The molecule has 2 heterocycles. The topological polar surface area (TPSA) is 47.0 Å². The minimum absolute atomic E-state index is 0.304. The summed E-state index contributed by atoms with van der Waals surface area (Å²) in [5.41, 5.74) is 0. The highest BCUT2D eigenvalue weighted by molar-refractivity contribution is 6.29. The van der Waals surface area contributed by atoms with Gasteiger partial charge in [-0.1, -0.05) is 18.5 Å². The van der Waals surface area contributed by atoms with Crippen molar-refractivity contribution in [1.29, 1.82) is 0 Å². The molecule has 1 unspecified atom stereocenters. The van der Waals surface area contributed by atoms with Crippen molar-refractivity contribution in [2.75, 3.05) is 18.5 Å². The Labute approximate surface area is 107 Å². The zero-order valence-electron chi connectivity index (χ0n) is 10.1. The van der Waals surface area contributed by atoms with Gasteiger partial charge >= 0.3 is 0 Å². The quantitative estimate of drug-likeness (QED) is 0.822. The van der Waals surface area contributed by atoms with Gasteiger partial charge in [-0.25, -0.2) is 9.97 Å². The maximum absolute atomic E-state index is 5.96. The van der Waals surface area contributed by atoms with Crippen molar-refractivity contribution in [2.45, 2.75) is 38.7 Å². The van der Waals surface area contributed by atoms with Gasteiger partial charge in [0.1, 0.15) is 16.8 Å². The van der Waals surface area contributed by atoms with Crippen LogP contribution < -0.4 is 5.32 Å². The highest BCUT2D eigenvalue weighted by Gasteiger charge is 2.15. The third-order valence-electron chi connectivity index (χ3n) is 2.75. The first-order chi connectivity index (χ1) is 8.28. The fraction of sp³-hybridized carbons (Fsp3) is 0.667. The molecule has 1 aliphatic rings. The predicted octanol–water partition coefficient (Wildman–Crippen LogP) is 2.67. The van der Waals surface area contributed by atoms with E-state index in [9.17, 15) is 0 Å². The van der Waals surface area contributed by atoms with E-state index in [-0.39, 0.29) is 0 Å². The number of hydrogen-bond acceptors (Lipinski definition) is 4. The molecular formula is C12H18ClN3O. The van der Waals surface area contributed by atoms with Crippen LogP contribution in [0.2, 0.25) is 5.15 Å². The second-order valence-electron chi connectivity index (χ2n) is 4.26. The van der Waals surface area contributed by atoms with E-state index in [0.29, 0.717) is 11.3 Å². The van der Waals surface area contributed by atoms with Crippen molar-refractivity contribution in [3.63, 3.8) is 0 Å². The van der Waals surface area contributed by atoms with Crippen LogP contribution in [-0.4, -0.2) is 29.2 Å². The first kappa shape index (κ1) is 12.6. The molecule has 1 aromatic rings. The number of aromatic nitrogens is 2. The Morgan fingerprint density at radius 3 is 3.12 bits per heavy atom. The van der Waals surface area contributed by atoms with Gasteiger partial charge in [0.05, 0.1) is 6.10 Å². The molecular weight excluding hydrogens is 238 g/mol. The number of nitrogens with one attached hydrogen (secondary N) is 1. The molecule has 0 aliphatic carbocycles. The van der Waals surface area contributed by atoms with Crippen molar-refractivity contribution in [1.82, 2.24) is 9.97 Å². The monoisotopic (exact) mass is 255 g/mol. The van der Waals surface area contributed by atoms with Crippen molar-refractivity contribution < 1.29 is 4.74 Å². The zero-order valence-corrected chi connectivity index (χ0v) is 10.8. The van der Waals surface area contributed by atoms with Crippen molar-refractivity contribution in [2.24, 2.45) is 0 Å². The smallest absolute Gasteiger partial charge is 0.134 e. The minimum atomic E-state index is 0.304. The number of hydrogen-bond donors (Lipinski definition) is 1. The summed E-state index contributed by atoms with van der Waals surface area (Å²) in [7, 11) is 0. The zero-order chi connectivity index (χ0) is 12.1. The van der Waals surface area contributed by atoms with E-state index in [1.54, 1.807) is 6.07 Å². The van der Waals surface area contributed by atoms with Gasteiger partial charge in [0.15, 0.2) is 0 Å². The lowest BCUT2D eigenvalue weighted by Gasteiger charge is -2.12. The molecule has 1 aliphatic heterocycles. The lowest BCUT2D eigenvalue weighted by molar-refractivity contribution is 0.120. The summed E-state index contributed by atoms with van der Waals surface area (Å²) in [4.78, 5) is 8.61. The number of anilines is 1. The van der Waals surface area contributed by atoms with Crippen LogP contribution in [0, 0.1) is 0 Å². The molecule has 0 spiro atoms. The Morgan fingerprint density at radius 2 is 2.41 bits per heavy atom. The predicted molar refractivity (Wildman–Crippen MR) is 68.5 cm³/mol. The Hall–Kier alpha value is -0.870. The van der Waals surface area contributed by atoms with Gasteiger partial charge in [-0.15, -0.1) is 0 Å². The highest BCUT2D eigenvalue weighted by Crippen LogP contribution is 2.15. The Bertz CT molecular complexity index is 367. The molecule has 0 radical (unpaired) electrons. The van der Waals surface area contributed by atoms with Crippen molar-refractivity contribution in [3.8, 4) is 0 Å². The molecule has 0 amide bonds. The van der Waals surface area contributed by atoms with Crippen LogP contribution in [0.3, 0.4) is 0 Å². The number of nitrogens with zero attached hydrogens (tertiary/aromatic N) is 2. The number of ether oxygens (including phenoxy) is 1. The van der Waals surface area contributed by atoms with Crippen LogP contribution in [0.25, 0.3) is 0 Å². The summed E-state index contributed by atoms with van der Waals surface area (Å²) < 4.78 is 5.54. The van der Waals surface area contributed by atoms with Crippen molar-refractivity contribution >= 4 is 17.4 Å². The maximum Gasteiger partial charge on any atom is 0.134 e. The summed E-state index contributed by atoms with van der Waals surface area (Å²) in [6.45, 7) is 3.76. The van der Waals surface area contributed by atoms with Crippen LogP contribution in [0.5, 0.6) is 0 Å². The van der Waals surface area contributed by atoms with Gasteiger partial charge < -0.3 is 10.1 Å². The molecule has 2 rings (SSSR count). The number of aryl methyl sites for hydroxylation is 1. The third-order valence-corrected chi connectivity index (χ3v) is 2.94. The van der Waals surface area contributed by atoms with Gasteiger partial charge in [-0.05, 0) is 19.3 Å². The highest BCUT2D eigenvalue weighted by atomic mass is 35.5. The van der Waals surface area contributed by atoms with E-state index < -0.39 is 0 Å². The summed E-state index contributed by atoms with van der Waals surface area (Å²) in [6, 6.07) is 1.76. The second kappa shape index (κ2) is 6.17. The van der Waals surface area contributed by atoms with E-state index in [1.165, 1.54) is 0 Å². The lowest BCUT2D eigenvalue weighted by Crippen LogP contribution is -2.19. The van der Waals surface area contributed by atoms with E-state index in [1.807, 2.05) is 0 Å². The Kier molecular flexibility index (Phi) is 4.57. The molecule has 4 nitrogen and oxygen atoms in total. The van der Waals surface area contributed by atoms with Gasteiger partial charge in [-0.2, -0.15) is 0 Å². The maximum atomic E-state index is 5.96. The van der Waals surface area contributed by atoms with Gasteiger partial charge in [0, 0.05) is 25.6 Å². The van der Waals surface area contributed by atoms with Gasteiger partial charge in [-0.3, -0.25) is 0 Å². The molecule has 0 bridgehead atoms. The molecule has 5 heteroatoms. The van der Waals surface area contributed by atoms with Crippen LogP contribution in [0.1, 0.15) is 32.0 Å². The Morgan fingerprint density at radius 1 is 1.53 bits per heavy atom. The third kappa shape index (κ3) is 3.82. The first-order valence-corrected chi connectivity index (χ1v) is 6.54. The second-order valence-corrected chi connectivity index (χ2v) is 4.65. The minimum Gasteiger partial charge on any atom is -0.376 e. The van der Waals surface area contributed by atoms with Crippen LogP contribution >= 0.6 is 11.6 Å². The number of halogens is 1. The molecule has 1 aromatic heterocycles. The fourth-order valence-corrected chi connectivity index (χ4v) is 2.12. The average molecular weight is 256 g/mol. The fourth-order valence-electron chi connectivity index (χ4n) is 1.91. The molecule has 94 valence electrons. The normalized spacial score (nSPS) is 19.5. The average Bonchev–Trinajstić information content (AvgIpc) is 2.79. The van der Waals surface area contributed by atoms with Crippen LogP contribution in [0.15, 0.2) is 6.07 Å². The Balaban J connectivity index is 1.94. The van der Waals surface area contributed by atoms with Crippen LogP contribution in [0.4, 0.5) is 5.82 Å². The molecule has 1 saturated heterocycles. The van der Waals surface area contributed by atoms with E-state index >= 15 is 0 Å². The van der Waals surface area contributed by atoms with Gasteiger partial charge in [0.2, 0.25) is 0 Å². The van der Waals surface area contributed by atoms with E-state index in [4.69, 9.17) is 16.3 Å². The lowest BCUT2D eigenvalue weighted by atomic mass is 10.2. The standard InChI is InChI=1S/C12H18ClN3O/c1-2-4-11-15-10(13)7-12(16-11)14-8-9-5-3-6-17-9/h7,9H,2-6,8H2,1H3,(H,14,15,16). The van der Waals surface area contributed by atoms with Crippen molar-refractivity contribution in [3.05, 3.63) is 17.0 Å². The SMILES string of the molecule is CCCc1nc(Cl)cc(NCC2CCCO2)n1.